The predicted molar refractivity (Wildman–Crippen MR) is 95.0 cm³/mol. The minimum Gasteiger partial charge on any atom is -0.330 e. The molecule has 0 spiro atoms. The molecule has 0 bridgehead atoms. The Kier molecular flexibility index (Phi) is 5.77. The van der Waals surface area contributed by atoms with Crippen molar-refractivity contribution in [2.45, 2.75) is 52.6 Å². The van der Waals surface area contributed by atoms with Crippen LogP contribution in [0, 0.1) is 12.7 Å². The van der Waals surface area contributed by atoms with Crippen molar-refractivity contribution in [3.63, 3.8) is 0 Å². The van der Waals surface area contributed by atoms with E-state index >= 15 is 0 Å². The van der Waals surface area contributed by atoms with Crippen LogP contribution in [0.1, 0.15) is 45.6 Å². The zero-order valence-electron chi connectivity index (χ0n) is 14.5. The van der Waals surface area contributed by atoms with Crippen LogP contribution in [0.4, 0.5) is 10.1 Å². The summed E-state index contributed by atoms with van der Waals surface area (Å²) in [5, 5.41) is 10.0. The van der Waals surface area contributed by atoms with Gasteiger partial charge in [0.25, 0.3) is 0 Å². The maximum atomic E-state index is 13.5. The Balaban J connectivity index is 2.31. The fraction of sp³-hybridized carbons (Fsp3) is 0.500. The third-order valence-electron chi connectivity index (χ3n) is 4.00. The molecule has 4 nitrogen and oxygen atoms in total. The van der Waals surface area contributed by atoms with Crippen LogP contribution >= 0.6 is 0 Å². The molecule has 1 aromatic rings. The van der Waals surface area contributed by atoms with Crippen LogP contribution in [0.25, 0.3) is 0 Å². The van der Waals surface area contributed by atoms with Gasteiger partial charge in [-0.2, -0.15) is 0 Å². The fourth-order valence-corrected chi connectivity index (χ4v) is 2.76. The monoisotopic (exact) mass is 318 g/mol. The number of halogens is 1. The molecule has 1 aliphatic rings. The molecule has 1 atom stereocenters. The lowest BCUT2D eigenvalue weighted by Crippen LogP contribution is -2.48. The van der Waals surface area contributed by atoms with Crippen LogP contribution in [-0.4, -0.2) is 18.2 Å². The first-order valence-electron chi connectivity index (χ1n) is 8.38. The molecular formula is C18H27FN4. The number of nitrogens with zero attached hydrogens (tertiary/aromatic N) is 1. The van der Waals surface area contributed by atoms with Crippen LogP contribution in [0.5, 0.6) is 0 Å². The Morgan fingerprint density at radius 2 is 2.04 bits per heavy atom. The van der Waals surface area contributed by atoms with Crippen LogP contribution in [0.2, 0.25) is 0 Å². The van der Waals surface area contributed by atoms with Crippen molar-refractivity contribution in [3.8, 4) is 0 Å². The van der Waals surface area contributed by atoms with Gasteiger partial charge in [0.2, 0.25) is 5.96 Å². The molecule has 23 heavy (non-hydrogen) atoms. The fourth-order valence-electron chi connectivity index (χ4n) is 2.76. The highest BCUT2D eigenvalue weighted by molar-refractivity contribution is 5.96. The SMILES string of the molecule is CCCC1=CC(CC)(NCC)N=C(Nc2cc(F)ccc2C)N1. The van der Waals surface area contributed by atoms with Crippen molar-refractivity contribution < 1.29 is 4.39 Å². The largest absolute Gasteiger partial charge is 0.330 e. The summed E-state index contributed by atoms with van der Waals surface area (Å²) < 4.78 is 13.5. The lowest BCUT2D eigenvalue weighted by Gasteiger charge is -2.33. The Bertz CT molecular complexity index is 609. The number of likely N-dealkylation sites (N-methyl/N-ethyl adjacent to an activating group) is 1. The van der Waals surface area contributed by atoms with Gasteiger partial charge in [-0.3, -0.25) is 5.32 Å². The number of hydrogen-bond donors (Lipinski definition) is 3. The van der Waals surface area contributed by atoms with Gasteiger partial charge in [0.05, 0.1) is 0 Å². The normalized spacial score (nSPS) is 20.6. The molecule has 1 heterocycles. The van der Waals surface area contributed by atoms with Crippen LogP contribution in [0.3, 0.4) is 0 Å². The van der Waals surface area contributed by atoms with E-state index in [1.807, 2.05) is 6.92 Å². The first-order valence-corrected chi connectivity index (χ1v) is 8.38. The van der Waals surface area contributed by atoms with Gasteiger partial charge in [0, 0.05) is 11.4 Å². The summed E-state index contributed by atoms with van der Waals surface area (Å²) >= 11 is 0. The van der Waals surface area contributed by atoms with E-state index in [4.69, 9.17) is 4.99 Å². The van der Waals surface area contributed by atoms with E-state index in [2.05, 4.69) is 42.8 Å². The van der Waals surface area contributed by atoms with E-state index in [1.165, 1.54) is 12.1 Å². The first-order chi connectivity index (χ1) is 11.0. The number of rotatable bonds is 6. The Morgan fingerprint density at radius 3 is 2.70 bits per heavy atom. The molecule has 5 heteroatoms. The van der Waals surface area contributed by atoms with Gasteiger partial charge in [0.1, 0.15) is 11.5 Å². The maximum absolute atomic E-state index is 13.5. The molecule has 126 valence electrons. The van der Waals surface area contributed by atoms with Crippen molar-refractivity contribution in [2.75, 3.05) is 11.9 Å². The third-order valence-corrected chi connectivity index (χ3v) is 4.00. The first kappa shape index (κ1) is 17.5. The van der Waals surface area contributed by atoms with Gasteiger partial charge in [-0.1, -0.05) is 33.3 Å². The molecule has 0 radical (unpaired) electrons. The minimum atomic E-state index is -0.409. The van der Waals surface area contributed by atoms with E-state index in [0.717, 1.165) is 42.8 Å². The number of guanidine groups is 1. The average Bonchev–Trinajstić information content (AvgIpc) is 2.51. The van der Waals surface area contributed by atoms with Gasteiger partial charge in [-0.05, 0) is 50.1 Å². The molecule has 0 amide bonds. The summed E-state index contributed by atoms with van der Waals surface area (Å²) in [7, 11) is 0. The highest BCUT2D eigenvalue weighted by atomic mass is 19.1. The number of benzene rings is 1. The maximum Gasteiger partial charge on any atom is 0.202 e. The molecule has 1 unspecified atom stereocenters. The van der Waals surface area contributed by atoms with Crippen molar-refractivity contribution >= 4 is 11.6 Å². The highest BCUT2D eigenvalue weighted by Crippen LogP contribution is 2.23. The third kappa shape index (κ3) is 4.32. The van der Waals surface area contributed by atoms with Crippen molar-refractivity contribution in [2.24, 2.45) is 4.99 Å². The number of nitrogens with one attached hydrogen (secondary N) is 3. The van der Waals surface area contributed by atoms with Gasteiger partial charge in [-0.15, -0.1) is 0 Å². The molecular weight excluding hydrogens is 291 g/mol. The van der Waals surface area contributed by atoms with Gasteiger partial charge in [-0.25, -0.2) is 9.38 Å². The Morgan fingerprint density at radius 1 is 1.26 bits per heavy atom. The molecule has 2 rings (SSSR count). The zero-order chi connectivity index (χ0) is 16.9. The number of anilines is 1. The molecule has 0 aliphatic carbocycles. The van der Waals surface area contributed by atoms with Gasteiger partial charge in [0.15, 0.2) is 0 Å². The second-order valence-corrected chi connectivity index (χ2v) is 5.90. The minimum absolute atomic E-state index is 0.257. The Labute approximate surface area is 138 Å². The lowest BCUT2D eigenvalue weighted by molar-refractivity contribution is 0.405. The van der Waals surface area contributed by atoms with Crippen LogP contribution in [0.15, 0.2) is 35.0 Å². The number of aryl methyl sites for hydroxylation is 1. The second-order valence-electron chi connectivity index (χ2n) is 5.90. The average molecular weight is 318 g/mol. The smallest absolute Gasteiger partial charge is 0.202 e. The van der Waals surface area contributed by atoms with E-state index in [1.54, 1.807) is 6.07 Å². The van der Waals surface area contributed by atoms with Crippen molar-refractivity contribution in [1.82, 2.24) is 10.6 Å². The van der Waals surface area contributed by atoms with Crippen LogP contribution in [-0.2, 0) is 0 Å². The lowest BCUT2D eigenvalue weighted by atomic mass is 10.0. The molecule has 0 saturated heterocycles. The molecule has 0 aromatic heterocycles. The Hall–Kier alpha value is -1.88. The summed E-state index contributed by atoms with van der Waals surface area (Å²) in [5.41, 5.74) is 2.44. The molecule has 1 aliphatic heterocycles. The molecule has 0 fully saturated rings. The van der Waals surface area contributed by atoms with Gasteiger partial charge < -0.3 is 10.6 Å². The standard InChI is InChI=1S/C18H27FN4/c1-5-8-15-12-18(6-2,20-7-3)23-17(21-15)22-16-11-14(19)10-9-13(16)4/h9-12,20H,5-8H2,1-4H3,(H2,21,22,23). The van der Waals surface area contributed by atoms with E-state index in [9.17, 15) is 4.39 Å². The molecule has 3 N–H and O–H groups in total. The van der Waals surface area contributed by atoms with Gasteiger partial charge >= 0.3 is 0 Å². The van der Waals surface area contributed by atoms with E-state index in [-0.39, 0.29) is 5.82 Å². The summed E-state index contributed by atoms with van der Waals surface area (Å²) in [6.45, 7) is 9.12. The van der Waals surface area contributed by atoms with E-state index in [0.29, 0.717) is 5.96 Å². The summed E-state index contributed by atoms with van der Waals surface area (Å²) in [6, 6.07) is 4.73. The number of allylic oxidation sites excluding steroid dienone is 1. The highest BCUT2D eigenvalue weighted by Gasteiger charge is 2.28. The summed E-state index contributed by atoms with van der Waals surface area (Å²) in [5.74, 6) is 0.403. The number of hydrogen-bond acceptors (Lipinski definition) is 4. The molecule has 0 saturated carbocycles. The topological polar surface area (TPSA) is 48.5 Å². The zero-order valence-corrected chi connectivity index (χ0v) is 14.5. The van der Waals surface area contributed by atoms with Crippen LogP contribution < -0.4 is 16.0 Å². The summed E-state index contributed by atoms with van der Waals surface area (Å²) in [6.07, 6.45) is 5.03. The van der Waals surface area contributed by atoms with Crippen molar-refractivity contribution in [1.29, 1.82) is 0 Å². The second kappa shape index (κ2) is 7.59. The van der Waals surface area contributed by atoms with E-state index < -0.39 is 5.66 Å². The van der Waals surface area contributed by atoms with Crippen molar-refractivity contribution in [3.05, 3.63) is 41.4 Å². The molecule has 1 aromatic carbocycles. The predicted octanol–water partition coefficient (Wildman–Crippen LogP) is 3.91. The summed E-state index contributed by atoms with van der Waals surface area (Å²) in [4.78, 5) is 4.80. The quantitative estimate of drug-likeness (QED) is 0.745. The number of aliphatic imine (C=N–C) groups is 1.